The van der Waals surface area contributed by atoms with Crippen LogP contribution in [0.2, 0.25) is 0 Å². The minimum absolute atomic E-state index is 0.152. The molecule has 0 amide bonds. The normalized spacial score (nSPS) is 14.2. The Balaban J connectivity index is 1.68. The Morgan fingerprint density at radius 2 is 1.18 bits per heavy atom. The Hall–Kier alpha value is -2.76. The first-order valence-electron chi connectivity index (χ1n) is 11.5. The molecule has 0 aliphatic carbocycles. The van der Waals surface area contributed by atoms with Crippen molar-refractivity contribution in [3.63, 3.8) is 0 Å². The van der Waals surface area contributed by atoms with Gasteiger partial charge in [0.15, 0.2) is 0 Å². The van der Waals surface area contributed by atoms with Crippen LogP contribution in [0.25, 0.3) is 0 Å². The summed E-state index contributed by atoms with van der Waals surface area (Å²) in [4.78, 5) is 0. The average molecular weight is 447 g/mol. The molecule has 0 radical (unpaired) electrons. The van der Waals surface area contributed by atoms with E-state index >= 15 is 0 Å². The highest BCUT2D eigenvalue weighted by Crippen LogP contribution is 2.17. The van der Waals surface area contributed by atoms with Crippen molar-refractivity contribution in [1.82, 2.24) is 0 Å². The van der Waals surface area contributed by atoms with Crippen LogP contribution in [0.4, 0.5) is 0 Å². The summed E-state index contributed by atoms with van der Waals surface area (Å²) in [6.07, 6.45) is 3.07. The number of ether oxygens (including phenoxy) is 3. The van der Waals surface area contributed by atoms with Crippen LogP contribution < -0.4 is 0 Å². The van der Waals surface area contributed by atoms with Crippen molar-refractivity contribution in [2.45, 2.75) is 51.5 Å². The monoisotopic (exact) mass is 446 g/mol. The van der Waals surface area contributed by atoms with Gasteiger partial charge in [-0.15, -0.1) is 0 Å². The molecule has 1 N–H and O–H groups in total. The van der Waals surface area contributed by atoms with Crippen molar-refractivity contribution in [2.24, 2.45) is 0 Å². The first-order valence-corrected chi connectivity index (χ1v) is 11.5. The van der Waals surface area contributed by atoms with E-state index in [1.807, 2.05) is 103 Å². The molecule has 0 aliphatic heterocycles. The maximum Gasteiger partial charge on any atom is 0.116 e. The predicted octanol–water partition coefficient (Wildman–Crippen LogP) is 5.70. The molecule has 3 aromatic carbocycles. The number of aliphatic hydroxyl groups is 1. The van der Waals surface area contributed by atoms with Gasteiger partial charge >= 0.3 is 0 Å². The minimum Gasteiger partial charge on any atom is -0.388 e. The fourth-order valence-corrected chi connectivity index (χ4v) is 3.45. The molecule has 174 valence electrons. The molecule has 0 unspecified atom stereocenters. The lowest BCUT2D eigenvalue weighted by atomic mass is 10.1. The maximum atomic E-state index is 11.1. The summed E-state index contributed by atoms with van der Waals surface area (Å²) in [5.41, 5.74) is 3.18. The van der Waals surface area contributed by atoms with Gasteiger partial charge in [-0.3, -0.25) is 0 Å². The Morgan fingerprint density at radius 1 is 0.697 bits per heavy atom. The van der Waals surface area contributed by atoms with E-state index in [4.69, 9.17) is 14.2 Å². The standard InChI is InChI=1S/C29H34O4/c1-2-3-19-28(32-21-25-15-9-5-10-16-25)29(33-22-26-17-11-6-12-18-26)27(30)23-31-20-24-13-7-4-8-14-24/h3-19,27-30H,2,20-23H2,1H3/t27-,28-,29+/m1/s1. The Morgan fingerprint density at radius 3 is 1.70 bits per heavy atom. The summed E-state index contributed by atoms with van der Waals surface area (Å²) >= 11 is 0. The van der Waals surface area contributed by atoms with Crippen molar-refractivity contribution in [1.29, 1.82) is 0 Å². The molecule has 0 saturated heterocycles. The van der Waals surface area contributed by atoms with Gasteiger partial charge in [0.05, 0.1) is 26.4 Å². The molecule has 0 bridgehead atoms. The number of hydrogen-bond donors (Lipinski definition) is 1. The quantitative estimate of drug-likeness (QED) is 0.323. The Bertz CT molecular complexity index is 912. The molecule has 0 fully saturated rings. The van der Waals surface area contributed by atoms with E-state index in [1.54, 1.807) is 0 Å². The fourth-order valence-electron chi connectivity index (χ4n) is 3.45. The highest BCUT2D eigenvalue weighted by atomic mass is 16.6. The van der Waals surface area contributed by atoms with Crippen molar-refractivity contribution in [2.75, 3.05) is 6.61 Å². The molecule has 0 heterocycles. The largest absolute Gasteiger partial charge is 0.388 e. The number of hydrogen-bond acceptors (Lipinski definition) is 4. The van der Waals surface area contributed by atoms with Gasteiger partial charge in [-0.1, -0.05) is 110 Å². The van der Waals surface area contributed by atoms with Crippen LogP contribution in [0.1, 0.15) is 30.0 Å². The summed E-state index contributed by atoms with van der Waals surface area (Å²) in [5, 5.41) is 11.1. The smallest absolute Gasteiger partial charge is 0.116 e. The molecule has 33 heavy (non-hydrogen) atoms. The second kappa shape index (κ2) is 14.4. The van der Waals surface area contributed by atoms with Gasteiger partial charge in [0, 0.05) is 0 Å². The Kier molecular flexibility index (Phi) is 10.9. The number of benzene rings is 3. The molecule has 0 aliphatic rings. The van der Waals surface area contributed by atoms with Crippen molar-refractivity contribution in [3.05, 3.63) is 120 Å². The molecule has 0 aromatic heterocycles. The topological polar surface area (TPSA) is 47.9 Å². The molecule has 3 atom stereocenters. The van der Waals surface area contributed by atoms with Crippen molar-refractivity contribution < 1.29 is 19.3 Å². The maximum absolute atomic E-state index is 11.1. The van der Waals surface area contributed by atoms with Gasteiger partial charge in [-0.05, 0) is 23.1 Å². The van der Waals surface area contributed by atoms with Crippen molar-refractivity contribution in [3.8, 4) is 0 Å². The van der Waals surface area contributed by atoms with Crippen LogP contribution in [0, 0.1) is 0 Å². The van der Waals surface area contributed by atoms with Crippen molar-refractivity contribution >= 4 is 0 Å². The predicted molar refractivity (Wildman–Crippen MR) is 132 cm³/mol. The minimum atomic E-state index is -0.847. The summed E-state index contributed by atoms with van der Waals surface area (Å²) in [6, 6.07) is 29.9. The van der Waals surface area contributed by atoms with E-state index in [0.29, 0.717) is 19.8 Å². The van der Waals surface area contributed by atoms with Gasteiger partial charge in [0.1, 0.15) is 18.3 Å². The van der Waals surface area contributed by atoms with Crippen LogP contribution >= 0.6 is 0 Å². The summed E-state index contributed by atoms with van der Waals surface area (Å²) in [6.45, 7) is 3.47. The van der Waals surface area contributed by atoms with Gasteiger partial charge in [-0.25, -0.2) is 0 Å². The first kappa shape index (κ1) is 24.9. The van der Waals surface area contributed by atoms with E-state index in [9.17, 15) is 5.11 Å². The van der Waals surface area contributed by atoms with E-state index in [0.717, 1.165) is 23.1 Å². The van der Waals surface area contributed by atoms with Gasteiger partial charge in [0.25, 0.3) is 0 Å². The fraction of sp³-hybridized carbons (Fsp3) is 0.310. The van der Waals surface area contributed by atoms with Crippen LogP contribution in [-0.4, -0.2) is 30.0 Å². The highest BCUT2D eigenvalue weighted by molar-refractivity contribution is 5.15. The van der Waals surface area contributed by atoms with Crippen LogP contribution in [0.15, 0.2) is 103 Å². The summed E-state index contributed by atoms with van der Waals surface area (Å²) in [5.74, 6) is 0. The zero-order valence-corrected chi connectivity index (χ0v) is 19.3. The SMILES string of the molecule is CCC=C[C@@H](OCc1ccccc1)[C@@H](OCc1ccccc1)[C@H](O)COCc1ccccc1. The van der Waals surface area contributed by atoms with Gasteiger partial charge < -0.3 is 19.3 Å². The van der Waals surface area contributed by atoms with Gasteiger partial charge in [0.2, 0.25) is 0 Å². The third kappa shape index (κ3) is 8.95. The number of rotatable bonds is 14. The summed E-state index contributed by atoms with van der Waals surface area (Å²) in [7, 11) is 0. The Labute approximate surface area is 197 Å². The molecular formula is C29H34O4. The molecule has 3 rings (SSSR count). The number of aliphatic hydroxyl groups excluding tert-OH is 1. The summed E-state index contributed by atoms with van der Waals surface area (Å²) < 4.78 is 18.3. The molecular weight excluding hydrogens is 412 g/mol. The van der Waals surface area contributed by atoms with E-state index in [1.165, 1.54) is 0 Å². The molecule has 4 heteroatoms. The highest BCUT2D eigenvalue weighted by Gasteiger charge is 2.29. The zero-order valence-electron chi connectivity index (χ0n) is 19.3. The number of allylic oxidation sites excluding steroid dienone is 1. The van der Waals surface area contributed by atoms with Crippen LogP contribution in [0.5, 0.6) is 0 Å². The second-order valence-corrected chi connectivity index (χ2v) is 7.93. The third-order valence-electron chi connectivity index (χ3n) is 5.24. The lowest BCUT2D eigenvalue weighted by molar-refractivity contribution is -0.133. The molecule has 0 saturated carbocycles. The van der Waals surface area contributed by atoms with E-state index < -0.39 is 18.3 Å². The van der Waals surface area contributed by atoms with Crippen LogP contribution in [-0.2, 0) is 34.0 Å². The van der Waals surface area contributed by atoms with E-state index in [2.05, 4.69) is 6.92 Å². The lowest BCUT2D eigenvalue weighted by Crippen LogP contribution is -2.42. The zero-order chi connectivity index (χ0) is 23.1. The van der Waals surface area contributed by atoms with E-state index in [-0.39, 0.29) is 6.61 Å². The lowest BCUT2D eigenvalue weighted by Gasteiger charge is -2.29. The van der Waals surface area contributed by atoms with Crippen LogP contribution in [0.3, 0.4) is 0 Å². The first-order chi connectivity index (χ1) is 16.3. The average Bonchev–Trinajstić information content (AvgIpc) is 2.87. The third-order valence-corrected chi connectivity index (χ3v) is 5.24. The van der Waals surface area contributed by atoms with Gasteiger partial charge in [-0.2, -0.15) is 0 Å². The molecule has 3 aromatic rings. The molecule has 0 spiro atoms. The second-order valence-electron chi connectivity index (χ2n) is 7.93. The molecule has 4 nitrogen and oxygen atoms in total.